The number of nitrogens with one attached hydrogen (secondary N) is 1. The molecule has 0 bridgehead atoms. The van der Waals surface area contributed by atoms with E-state index in [1.165, 1.54) is 0 Å². The van der Waals surface area contributed by atoms with Gasteiger partial charge in [0.05, 0.1) is 5.02 Å². The Hall–Kier alpha value is -2.05. The summed E-state index contributed by atoms with van der Waals surface area (Å²) in [5.74, 6) is 0.269. The molecule has 1 amide bonds. The van der Waals surface area contributed by atoms with Gasteiger partial charge < -0.3 is 19.4 Å². The van der Waals surface area contributed by atoms with Crippen molar-refractivity contribution in [2.75, 3.05) is 26.7 Å². The number of ether oxygens (including phenoxy) is 1. The molecule has 1 aromatic carbocycles. The monoisotopic (exact) mass is 390 g/mol. The number of benzene rings is 1. The van der Waals surface area contributed by atoms with E-state index < -0.39 is 0 Å². The number of hydrogen-bond acceptors (Lipinski definition) is 5. The Morgan fingerprint density at radius 3 is 2.81 bits per heavy atom. The minimum absolute atomic E-state index is 0.0894. The maximum atomic E-state index is 12.5. The van der Waals surface area contributed by atoms with Crippen LogP contribution in [-0.2, 0) is 17.6 Å². The molecule has 27 heavy (non-hydrogen) atoms. The first-order valence-electron chi connectivity index (χ1n) is 9.42. The van der Waals surface area contributed by atoms with E-state index in [1.54, 1.807) is 17.0 Å². The van der Waals surface area contributed by atoms with Crippen molar-refractivity contribution in [1.29, 1.82) is 0 Å². The predicted octanol–water partition coefficient (Wildman–Crippen LogP) is 2.52. The molecular weight excluding hydrogens is 368 g/mol. The van der Waals surface area contributed by atoms with Crippen LogP contribution in [0.15, 0.2) is 21.3 Å². The average molecular weight is 391 g/mol. The molecule has 7 heteroatoms. The summed E-state index contributed by atoms with van der Waals surface area (Å²) in [6.45, 7) is 1.74. The van der Waals surface area contributed by atoms with E-state index in [9.17, 15) is 9.59 Å². The van der Waals surface area contributed by atoms with Gasteiger partial charge in [-0.05, 0) is 56.8 Å². The topological polar surface area (TPSA) is 71.8 Å². The van der Waals surface area contributed by atoms with E-state index in [4.69, 9.17) is 20.8 Å². The van der Waals surface area contributed by atoms with Gasteiger partial charge in [0, 0.05) is 30.1 Å². The molecule has 0 atom stereocenters. The van der Waals surface area contributed by atoms with Crippen molar-refractivity contribution in [3.05, 3.63) is 38.7 Å². The molecular formula is C20H23ClN2O4. The number of aryl methyl sites for hydroxylation is 1. The molecule has 0 radical (unpaired) electrons. The molecule has 6 nitrogen and oxygen atoms in total. The molecule has 2 aromatic rings. The molecule has 1 N–H and O–H groups in total. The number of fused-ring (bicyclic) bond motifs is 3. The van der Waals surface area contributed by atoms with Gasteiger partial charge >= 0.3 is 5.63 Å². The van der Waals surface area contributed by atoms with Crippen LogP contribution in [0.2, 0.25) is 5.02 Å². The molecule has 144 valence electrons. The fourth-order valence-corrected chi connectivity index (χ4v) is 4.25. The van der Waals surface area contributed by atoms with Crippen LogP contribution in [0.3, 0.4) is 0 Å². The van der Waals surface area contributed by atoms with Crippen LogP contribution < -0.4 is 15.7 Å². The summed E-state index contributed by atoms with van der Waals surface area (Å²) >= 11 is 6.38. The Kier molecular flexibility index (Phi) is 5.10. The van der Waals surface area contributed by atoms with Crippen molar-refractivity contribution >= 4 is 28.5 Å². The minimum atomic E-state index is -0.287. The molecule has 2 heterocycles. The normalized spacial score (nSPS) is 17.1. The number of carbonyl (C=O) groups excluding carboxylic acids is 1. The van der Waals surface area contributed by atoms with E-state index >= 15 is 0 Å². The lowest BCUT2D eigenvalue weighted by Gasteiger charge is -2.31. The van der Waals surface area contributed by atoms with Gasteiger partial charge in [-0.2, -0.15) is 0 Å². The molecule has 1 aliphatic heterocycles. The summed E-state index contributed by atoms with van der Waals surface area (Å²) in [5, 5.41) is 4.57. The highest BCUT2D eigenvalue weighted by molar-refractivity contribution is 6.32. The van der Waals surface area contributed by atoms with Gasteiger partial charge in [0.1, 0.15) is 11.3 Å². The molecule has 1 saturated heterocycles. The third kappa shape index (κ3) is 3.56. The van der Waals surface area contributed by atoms with Crippen LogP contribution in [0, 0.1) is 0 Å². The lowest BCUT2D eigenvalue weighted by molar-refractivity contribution is -0.134. The lowest BCUT2D eigenvalue weighted by Crippen LogP contribution is -2.45. The number of halogens is 1. The summed E-state index contributed by atoms with van der Waals surface area (Å²) < 4.78 is 11.1. The van der Waals surface area contributed by atoms with Gasteiger partial charge in [0.15, 0.2) is 6.61 Å². The quantitative estimate of drug-likeness (QED) is 0.812. The minimum Gasteiger partial charge on any atom is -0.482 e. The zero-order valence-corrected chi connectivity index (χ0v) is 16.1. The highest BCUT2D eigenvalue weighted by Gasteiger charge is 2.23. The highest BCUT2D eigenvalue weighted by atomic mass is 35.5. The summed E-state index contributed by atoms with van der Waals surface area (Å²) in [7, 11) is 1.81. The summed E-state index contributed by atoms with van der Waals surface area (Å²) in [6, 6.07) is 3.63. The standard InChI is InChI=1S/C20H23ClN2O4/c1-23(12-5-7-22-8-6-12)19(24)11-26-18-10-17-15(9-16(18)21)13-3-2-4-14(13)20(25)27-17/h9-10,12,22H,2-8,11H2,1H3. The first kappa shape index (κ1) is 18.3. The molecule has 0 unspecified atom stereocenters. The number of piperidine rings is 1. The first-order chi connectivity index (χ1) is 13.0. The second kappa shape index (κ2) is 7.52. The van der Waals surface area contributed by atoms with Gasteiger partial charge in [0.2, 0.25) is 0 Å². The second-order valence-electron chi connectivity index (χ2n) is 7.25. The van der Waals surface area contributed by atoms with Crippen molar-refractivity contribution in [2.45, 2.75) is 38.1 Å². The molecule has 2 aliphatic rings. The Labute approximate surface area is 162 Å². The van der Waals surface area contributed by atoms with E-state index in [-0.39, 0.29) is 24.2 Å². The summed E-state index contributed by atoms with van der Waals surface area (Å²) in [5.41, 5.74) is 1.95. The van der Waals surface area contributed by atoms with Gasteiger partial charge in [-0.25, -0.2) is 4.79 Å². The van der Waals surface area contributed by atoms with Crippen LogP contribution in [0.5, 0.6) is 5.75 Å². The Balaban J connectivity index is 1.52. The molecule has 1 aliphatic carbocycles. The van der Waals surface area contributed by atoms with Crippen molar-refractivity contribution in [2.24, 2.45) is 0 Å². The molecule has 1 aromatic heterocycles. The zero-order valence-electron chi connectivity index (χ0n) is 15.3. The summed E-state index contributed by atoms with van der Waals surface area (Å²) in [4.78, 5) is 26.4. The van der Waals surface area contributed by atoms with Gasteiger partial charge in [0.25, 0.3) is 5.91 Å². The Bertz CT molecular complexity index is 934. The third-order valence-electron chi connectivity index (χ3n) is 5.63. The van der Waals surface area contributed by atoms with Crippen molar-refractivity contribution < 1.29 is 13.9 Å². The van der Waals surface area contributed by atoms with Crippen molar-refractivity contribution in [3.8, 4) is 5.75 Å². The second-order valence-corrected chi connectivity index (χ2v) is 7.66. The number of carbonyl (C=O) groups is 1. The molecule has 0 saturated carbocycles. The molecule has 4 rings (SSSR count). The van der Waals surface area contributed by atoms with Gasteiger partial charge in [-0.15, -0.1) is 0 Å². The van der Waals surface area contributed by atoms with Gasteiger partial charge in [-0.3, -0.25) is 4.79 Å². The van der Waals surface area contributed by atoms with Crippen LogP contribution in [0.25, 0.3) is 11.0 Å². The predicted molar refractivity (Wildman–Crippen MR) is 104 cm³/mol. The fourth-order valence-electron chi connectivity index (χ4n) is 4.03. The summed E-state index contributed by atoms with van der Waals surface area (Å²) in [6.07, 6.45) is 4.44. The zero-order chi connectivity index (χ0) is 19.0. The van der Waals surface area contributed by atoms with E-state index in [2.05, 4.69) is 5.32 Å². The van der Waals surface area contributed by atoms with E-state index in [0.29, 0.717) is 16.4 Å². The fraction of sp³-hybridized carbons (Fsp3) is 0.500. The van der Waals surface area contributed by atoms with E-state index in [0.717, 1.165) is 61.7 Å². The number of amides is 1. The smallest absolute Gasteiger partial charge is 0.339 e. The van der Waals surface area contributed by atoms with Crippen LogP contribution in [0.1, 0.15) is 30.4 Å². The number of hydrogen-bond donors (Lipinski definition) is 1. The Morgan fingerprint density at radius 2 is 2.04 bits per heavy atom. The van der Waals surface area contributed by atoms with Gasteiger partial charge in [-0.1, -0.05) is 11.6 Å². The average Bonchev–Trinajstić information content (AvgIpc) is 3.18. The van der Waals surface area contributed by atoms with Crippen LogP contribution in [-0.4, -0.2) is 43.6 Å². The number of likely N-dealkylation sites (N-methyl/N-ethyl adjacent to an activating group) is 1. The van der Waals surface area contributed by atoms with E-state index in [1.807, 2.05) is 7.05 Å². The number of rotatable bonds is 4. The van der Waals surface area contributed by atoms with Crippen LogP contribution >= 0.6 is 11.6 Å². The maximum Gasteiger partial charge on any atom is 0.339 e. The lowest BCUT2D eigenvalue weighted by atomic mass is 10.1. The van der Waals surface area contributed by atoms with Crippen molar-refractivity contribution in [1.82, 2.24) is 10.2 Å². The first-order valence-corrected chi connectivity index (χ1v) is 9.79. The maximum absolute atomic E-state index is 12.5. The third-order valence-corrected chi connectivity index (χ3v) is 5.92. The van der Waals surface area contributed by atoms with Crippen LogP contribution in [0.4, 0.5) is 0 Å². The number of nitrogens with zero attached hydrogens (tertiary/aromatic N) is 1. The highest BCUT2D eigenvalue weighted by Crippen LogP contribution is 2.34. The van der Waals surface area contributed by atoms with Crippen molar-refractivity contribution in [3.63, 3.8) is 0 Å². The molecule has 1 fully saturated rings. The largest absolute Gasteiger partial charge is 0.482 e. The Morgan fingerprint density at radius 1 is 1.30 bits per heavy atom. The SMILES string of the molecule is CN(C(=O)COc1cc2oc(=O)c3c(c2cc1Cl)CCC3)C1CCNCC1. The molecule has 0 spiro atoms.